The number of hydrogen-bond donors (Lipinski definition) is 2. The van der Waals surface area contributed by atoms with E-state index in [4.69, 9.17) is 14.2 Å². The predicted octanol–water partition coefficient (Wildman–Crippen LogP) is 2.83. The van der Waals surface area contributed by atoms with Crippen molar-refractivity contribution in [1.82, 2.24) is 5.32 Å². The van der Waals surface area contributed by atoms with Crippen molar-refractivity contribution in [1.29, 1.82) is 0 Å². The Morgan fingerprint density at radius 1 is 0.960 bits per heavy atom. The van der Waals surface area contributed by atoms with Crippen molar-refractivity contribution in [3.63, 3.8) is 0 Å². The molecular weight excluding hydrogens is 320 g/mol. The van der Waals surface area contributed by atoms with Crippen LogP contribution in [-0.4, -0.2) is 33.8 Å². The quantitative estimate of drug-likeness (QED) is 0.685. The monoisotopic (exact) mass is 344 g/mol. The maximum atomic E-state index is 12.0. The number of benzene rings is 2. The molecule has 0 fully saturated rings. The fraction of sp³-hybridized carbons (Fsp3) is 0.316. The summed E-state index contributed by atoms with van der Waals surface area (Å²) in [6.07, 6.45) is 0.379. The number of ether oxygens (including phenoxy) is 3. The molecule has 0 aliphatic carbocycles. The predicted molar refractivity (Wildman–Crippen MR) is 97.5 cm³/mol. The molecule has 0 spiro atoms. The lowest BCUT2D eigenvalue weighted by molar-refractivity contribution is -0.116. The van der Waals surface area contributed by atoms with E-state index in [2.05, 4.69) is 10.6 Å². The highest BCUT2D eigenvalue weighted by molar-refractivity contribution is 5.91. The van der Waals surface area contributed by atoms with Gasteiger partial charge in [0.15, 0.2) is 11.5 Å². The van der Waals surface area contributed by atoms with Crippen molar-refractivity contribution in [2.24, 2.45) is 0 Å². The summed E-state index contributed by atoms with van der Waals surface area (Å²) in [5.41, 5.74) is 1.79. The summed E-state index contributed by atoms with van der Waals surface area (Å²) in [5, 5.41) is 6.10. The molecule has 0 aromatic heterocycles. The molecule has 0 aliphatic rings. The van der Waals surface area contributed by atoms with Gasteiger partial charge in [-0.15, -0.1) is 0 Å². The first-order valence-corrected chi connectivity index (χ1v) is 8.01. The topological polar surface area (TPSA) is 68.8 Å². The van der Waals surface area contributed by atoms with E-state index in [0.29, 0.717) is 36.8 Å². The van der Waals surface area contributed by atoms with Gasteiger partial charge < -0.3 is 24.8 Å². The van der Waals surface area contributed by atoms with Crippen molar-refractivity contribution in [3.8, 4) is 17.2 Å². The van der Waals surface area contributed by atoms with Crippen molar-refractivity contribution in [2.75, 3.05) is 33.2 Å². The molecule has 134 valence electrons. The number of carbonyl (C=O) groups excluding carboxylic acids is 1. The van der Waals surface area contributed by atoms with Crippen LogP contribution in [0.5, 0.6) is 17.2 Å². The average molecular weight is 344 g/mol. The molecule has 2 aromatic rings. The van der Waals surface area contributed by atoms with E-state index in [1.165, 1.54) is 0 Å². The molecule has 0 unspecified atom stereocenters. The van der Waals surface area contributed by atoms with Crippen LogP contribution in [0, 0.1) is 0 Å². The second-order valence-corrected chi connectivity index (χ2v) is 5.40. The molecule has 0 atom stereocenters. The number of anilines is 1. The Hall–Kier alpha value is -2.73. The van der Waals surface area contributed by atoms with E-state index in [1.807, 2.05) is 36.4 Å². The van der Waals surface area contributed by atoms with Gasteiger partial charge in [0.05, 0.1) is 21.3 Å². The van der Waals surface area contributed by atoms with Gasteiger partial charge in [-0.2, -0.15) is 0 Å². The molecule has 0 radical (unpaired) electrons. The SMILES string of the molecule is COc1cccc(NC(=O)CCNCc2ccc(OC)c(OC)c2)c1. The first-order chi connectivity index (χ1) is 12.2. The molecule has 0 saturated carbocycles. The number of carbonyl (C=O) groups is 1. The normalized spacial score (nSPS) is 10.2. The standard InChI is InChI=1S/C19H24N2O4/c1-23-16-6-4-5-15(12-16)21-19(22)9-10-20-13-14-7-8-17(24-2)18(11-14)25-3/h4-8,11-12,20H,9-10,13H2,1-3H3,(H,21,22). The Morgan fingerprint density at radius 3 is 2.48 bits per heavy atom. The Labute approximate surface area is 148 Å². The average Bonchev–Trinajstić information content (AvgIpc) is 2.65. The van der Waals surface area contributed by atoms with Crippen LogP contribution < -0.4 is 24.8 Å². The highest BCUT2D eigenvalue weighted by Crippen LogP contribution is 2.27. The summed E-state index contributed by atoms with van der Waals surface area (Å²) in [4.78, 5) is 12.0. The second-order valence-electron chi connectivity index (χ2n) is 5.40. The first kappa shape index (κ1) is 18.6. The number of hydrogen-bond acceptors (Lipinski definition) is 5. The van der Waals surface area contributed by atoms with E-state index < -0.39 is 0 Å². The molecule has 2 aromatic carbocycles. The maximum absolute atomic E-state index is 12.0. The van der Waals surface area contributed by atoms with Crippen molar-refractivity contribution in [3.05, 3.63) is 48.0 Å². The Balaban J connectivity index is 1.76. The summed E-state index contributed by atoms with van der Waals surface area (Å²) in [7, 11) is 4.81. The molecule has 0 bridgehead atoms. The van der Waals surface area contributed by atoms with Gasteiger partial charge in [-0.05, 0) is 29.8 Å². The van der Waals surface area contributed by atoms with Crippen LogP contribution >= 0.6 is 0 Å². The van der Waals surface area contributed by atoms with Gasteiger partial charge in [0, 0.05) is 31.3 Å². The highest BCUT2D eigenvalue weighted by atomic mass is 16.5. The van der Waals surface area contributed by atoms with Crippen molar-refractivity contribution >= 4 is 11.6 Å². The van der Waals surface area contributed by atoms with Crippen molar-refractivity contribution < 1.29 is 19.0 Å². The zero-order valence-corrected chi connectivity index (χ0v) is 14.8. The number of amides is 1. The van der Waals surface area contributed by atoms with Crippen LogP contribution in [0.25, 0.3) is 0 Å². The Bertz CT molecular complexity index is 704. The van der Waals surface area contributed by atoms with E-state index >= 15 is 0 Å². The van der Waals surface area contributed by atoms with Gasteiger partial charge in [-0.25, -0.2) is 0 Å². The van der Waals surface area contributed by atoms with Crippen molar-refractivity contribution in [2.45, 2.75) is 13.0 Å². The smallest absolute Gasteiger partial charge is 0.225 e. The maximum Gasteiger partial charge on any atom is 0.225 e. The van der Waals surface area contributed by atoms with Gasteiger partial charge >= 0.3 is 0 Å². The largest absolute Gasteiger partial charge is 0.497 e. The molecule has 2 N–H and O–H groups in total. The minimum Gasteiger partial charge on any atom is -0.497 e. The van der Waals surface area contributed by atoms with Gasteiger partial charge in [0.2, 0.25) is 5.91 Å². The summed E-state index contributed by atoms with van der Waals surface area (Å²) >= 11 is 0. The number of rotatable bonds is 9. The molecule has 0 saturated heterocycles. The van der Waals surface area contributed by atoms with E-state index in [1.54, 1.807) is 27.4 Å². The molecule has 1 amide bonds. The molecule has 6 nitrogen and oxygen atoms in total. The van der Waals surface area contributed by atoms with Crippen LogP contribution in [0.1, 0.15) is 12.0 Å². The van der Waals surface area contributed by atoms with Crippen LogP contribution in [-0.2, 0) is 11.3 Å². The highest BCUT2D eigenvalue weighted by Gasteiger charge is 2.06. The van der Waals surface area contributed by atoms with E-state index in [9.17, 15) is 4.79 Å². The third-order valence-corrected chi connectivity index (χ3v) is 3.66. The van der Waals surface area contributed by atoms with Crippen LogP contribution in [0.2, 0.25) is 0 Å². The summed E-state index contributed by atoms with van der Waals surface area (Å²) < 4.78 is 15.6. The van der Waals surface area contributed by atoms with Crippen LogP contribution in [0.3, 0.4) is 0 Å². The fourth-order valence-electron chi connectivity index (χ4n) is 2.35. The number of methoxy groups -OCH3 is 3. The lowest BCUT2D eigenvalue weighted by Gasteiger charge is -2.10. The van der Waals surface area contributed by atoms with Gasteiger partial charge in [0.25, 0.3) is 0 Å². The molecule has 6 heteroatoms. The molecule has 25 heavy (non-hydrogen) atoms. The minimum atomic E-state index is -0.0481. The third-order valence-electron chi connectivity index (χ3n) is 3.66. The fourth-order valence-corrected chi connectivity index (χ4v) is 2.35. The zero-order valence-electron chi connectivity index (χ0n) is 14.8. The summed E-state index contributed by atoms with van der Waals surface area (Å²) in [6, 6.07) is 13.0. The minimum absolute atomic E-state index is 0.0481. The zero-order chi connectivity index (χ0) is 18.1. The van der Waals surface area contributed by atoms with Crippen LogP contribution in [0.15, 0.2) is 42.5 Å². The molecule has 0 heterocycles. The molecule has 2 rings (SSSR count). The number of nitrogens with one attached hydrogen (secondary N) is 2. The van der Waals surface area contributed by atoms with E-state index in [-0.39, 0.29) is 5.91 Å². The lowest BCUT2D eigenvalue weighted by Crippen LogP contribution is -2.21. The summed E-state index contributed by atoms with van der Waals surface area (Å²) in [5.74, 6) is 2.05. The van der Waals surface area contributed by atoms with Gasteiger partial charge in [-0.3, -0.25) is 4.79 Å². The lowest BCUT2D eigenvalue weighted by atomic mass is 10.2. The summed E-state index contributed by atoms with van der Waals surface area (Å²) in [6.45, 7) is 1.22. The van der Waals surface area contributed by atoms with Gasteiger partial charge in [0.1, 0.15) is 5.75 Å². The Morgan fingerprint density at radius 2 is 1.76 bits per heavy atom. The van der Waals surface area contributed by atoms with Gasteiger partial charge in [-0.1, -0.05) is 12.1 Å². The molecular formula is C19H24N2O4. The second kappa shape index (κ2) is 9.54. The van der Waals surface area contributed by atoms with E-state index in [0.717, 1.165) is 11.3 Å². The Kier molecular flexibility index (Phi) is 7.10. The third kappa shape index (κ3) is 5.69. The first-order valence-electron chi connectivity index (χ1n) is 8.01. The molecule has 0 aliphatic heterocycles. The van der Waals surface area contributed by atoms with Crippen LogP contribution in [0.4, 0.5) is 5.69 Å².